The number of aryl methyl sites for hydroxylation is 4. The molecule has 2 aliphatic carbocycles. The summed E-state index contributed by atoms with van der Waals surface area (Å²) >= 11 is 0. The van der Waals surface area contributed by atoms with Crippen LogP contribution in [0.15, 0.2) is 83.2 Å². The van der Waals surface area contributed by atoms with Crippen LogP contribution in [-0.2, 0) is 12.8 Å². The Kier molecular flexibility index (Phi) is 5.73. The zero-order valence-corrected chi connectivity index (χ0v) is 24.0. The van der Waals surface area contributed by atoms with Crippen molar-refractivity contribution in [2.24, 2.45) is 0 Å². The lowest BCUT2D eigenvalue weighted by Gasteiger charge is -2.26. The van der Waals surface area contributed by atoms with Gasteiger partial charge < -0.3 is 0 Å². The molecule has 0 aromatic heterocycles. The van der Waals surface area contributed by atoms with Crippen molar-refractivity contribution in [3.05, 3.63) is 128 Å². The standard InChI is InChI=1S/C36H36Si/c1-23-13-15-25(3)33(17-23)31-11-7-9-27-19-29(21-35(27)31)37(5,6)30-20-28-10-8-12-32(36(28)22-30)34-18-24(2)14-16-26(34)4/h7-18,21-22H,19-20H2,1-6H3. The second-order valence-electron chi connectivity index (χ2n) is 11.7. The maximum Gasteiger partial charge on any atom is 0.103 e. The quantitative estimate of drug-likeness (QED) is 0.247. The van der Waals surface area contributed by atoms with E-state index in [-0.39, 0.29) is 0 Å². The van der Waals surface area contributed by atoms with Crippen LogP contribution < -0.4 is 0 Å². The normalized spacial score (nSPS) is 14.3. The Balaban J connectivity index is 1.40. The molecule has 0 atom stereocenters. The minimum absolute atomic E-state index is 1.09. The van der Waals surface area contributed by atoms with Crippen molar-refractivity contribution in [2.75, 3.05) is 0 Å². The molecule has 0 aliphatic heterocycles. The van der Waals surface area contributed by atoms with Gasteiger partial charge in [0.15, 0.2) is 0 Å². The van der Waals surface area contributed by atoms with Gasteiger partial charge >= 0.3 is 0 Å². The van der Waals surface area contributed by atoms with Crippen molar-refractivity contribution < 1.29 is 0 Å². The Hall–Kier alpha value is -3.42. The van der Waals surface area contributed by atoms with Crippen LogP contribution in [0, 0.1) is 27.7 Å². The lowest BCUT2D eigenvalue weighted by molar-refractivity contribution is 1.22. The topological polar surface area (TPSA) is 0 Å². The zero-order valence-electron chi connectivity index (χ0n) is 23.0. The molecule has 0 spiro atoms. The number of hydrogen-bond acceptors (Lipinski definition) is 0. The number of rotatable bonds is 4. The SMILES string of the molecule is Cc1ccc(C)c(-c2cccc3c2C=C([Si](C)(C)C2=Cc4c(cccc4-c4cc(C)ccc4C)C2)C3)c1. The van der Waals surface area contributed by atoms with Gasteiger partial charge in [0.2, 0.25) is 0 Å². The lowest BCUT2D eigenvalue weighted by Crippen LogP contribution is -2.32. The summed E-state index contributed by atoms with van der Waals surface area (Å²) in [6, 6.07) is 27.5. The predicted octanol–water partition coefficient (Wildman–Crippen LogP) is 9.62. The number of allylic oxidation sites excluding steroid dienone is 2. The van der Waals surface area contributed by atoms with Gasteiger partial charge in [-0.2, -0.15) is 0 Å². The summed E-state index contributed by atoms with van der Waals surface area (Å²) in [5, 5.41) is 3.32. The minimum Gasteiger partial charge on any atom is -0.0714 e. The van der Waals surface area contributed by atoms with Crippen molar-refractivity contribution in [3.63, 3.8) is 0 Å². The number of benzene rings is 4. The fraction of sp³-hybridized carbons (Fsp3) is 0.222. The monoisotopic (exact) mass is 496 g/mol. The van der Waals surface area contributed by atoms with Crippen LogP contribution in [0.25, 0.3) is 34.4 Å². The highest BCUT2D eigenvalue weighted by Crippen LogP contribution is 2.44. The second kappa shape index (κ2) is 8.85. The molecule has 4 aromatic carbocycles. The van der Waals surface area contributed by atoms with E-state index >= 15 is 0 Å². The molecule has 37 heavy (non-hydrogen) atoms. The highest BCUT2D eigenvalue weighted by atomic mass is 28.3. The van der Waals surface area contributed by atoms with Gasteiger partial charge in [-0.1, -0.05) is 120 Å². The van der Waals surface area contributed by atoms with E-state index in [9.17, 15) is 0 Å². The van der Waals surface area contributed by atoms with Crippen molar-refractivity contribution in [3.8, 4) is 22.3 Å². The van der Waals surface area contributed by atoms with Gasteiger partial charge in [-0.25, -0.2) is 0 Å². The molecule has 1 heteroatoms. The predicted molar refractivity (Wildman–Crippen MR) is 164 cm³/mol. The lowest BCUT2D eigenvalue weighted by atomic mass is 9.93. The smallest absolute Gasteiger partial charge is 0.0714 e. The summed E-state index contributed by atoms with van der Waals surface area (Å²) in [7, 11) is -1.81. The molecule has 0 saturated carbocycles. The van der Waals surface area contributed by atoms with Crippen molar-refractivity contribution in [1.82, 2.24) is 0 Å². The molecule has 0 amide bonds. The van der Waals surface area contributed by atoms with Gasteiger partial charge in [-0.15, -0.1) is 0 Å². The van der Waals surface area contributed by atoms with E-state index < -0.39 is 8.07 Å². The minimum atomic E-state index is -1.81. The molecule has 0 heterocycles. The fourth-order valence-corrected chi connectivity index (χ4v) is 8.95. The molecule has 0 bridgehead atoms. The first-order chi connectivity index (χ1) is 17.7. The van der Waals surface area contributed by atoms with Gasteiger partial charge in [-0.3, -0.25) is 0 Å². The molecule has 2 aliphatic rings. The highest BCUT2D eigenvalue weighted by Gasteiger charge is 2.36. The fourth-order valence-electron chi connectivity index (χ4n) is 6.27. The van der Waals surface area contributed by atoms with E-state index in [1.807, 2.05) is 0 Å². The molecule has 0 N–H and O–H groups in total. The third-order valence-electron chi connectivity index (χ3n) is 8.76. The number of hydrogen-bond donors (Lipinski definition) is 0. The van der Waals surface area contributed by atoms with E-state index in [2.05, 4.69) is 126 Å². The van der Waals surface area contributed by atoms with Crippen LogP contribution in [0.4, 0.5) is 0 Å². The summed E-state index contributed by atoms with van der Waals surface area (Å²) in [6.07, 6.45) is 7.30. The summed E-state index contributed by atoms with van der Waals surface area (Å²) in [5.74, 6) is 0. The first-order valence-electron chi connectivity index (χ1n) is 13.5. The third-order valence-corrected chi connectivity index (χ3v) is 12.6. The van der Waals surface area contributed by atoms with Gasteiger partial charge in [0.1, 0.15) is 8.07 Å². The molecule has 0 fully saturated rings. The molecular weight excluding hydrogens is 460 g/mol. The van der Waals surface area contributed by atoms with Crippen LogP contribution >= 0.6 is 0 Å². The molecular formula is C36H36Si. The summed E-state index contributed by atoms with van der Waals surface area (Å²) in [4.78, 5) is 0. The summed E-state index contributed by atoms with van der Waals surface area (Å²) in [5.41, 5.74) is 16.7. The summed E-state index contributed by atoms with van der Waals surface area (Å²) in [6.45, 7) is 14.0. The Labute approximate surface area is 223 Å². The van der Waals surface area contributed by atoms with Gasteiger partial charge in [0, 0.05) is 0 Å². The summed E-state index contributed by atoms with van der Waals surface area (Å²) < 4.78 is 0. The highest BCUT2D eigenvalue weighted by molar-refractivity contribution is 6.92. The zero-order chi connectivity index (χ0) is 25.9. The van der Waals surface area contributed by atoms with E-state index in [4.69, 9.17) is 0 Å². The van der Waals surface area contributed by atoms with Crippen molar-refractivity contribution in [1.29, 1.82) is 0 Å². The third kappa shape index (κ3) is 4.06. The molecule has 4 aromatic rings. The molecule has 6 rings (SSSR count). The van der Waals surface area contributed by atoms with E-state index in [1.165, 1.54) is 66.8 Å². The van der Waals surface area contributed by atoms with Crippen LogP contribution in [0.2, 0.25) is 13.1 Å². The average molecular weight is 497 g/mol. The van der Waals surface area contributed by atoms with Crippen LogP contribution in [0.1, 0.15) is 44.5 Å². The largest absolute Gasteiger partial charge is 0.103 e. The van der Waals surface area contributed by atoms with Crippen molar-refractivity contribution in [2.45, 2.75) is 53.6 Å². The maximum atomic E-state index is 2.57. The van der Waals surface area contributed by atoms with Crippen molar-refractivity contribution >= 4 is 20.2 Å². The second-order valence-corrected chi connectivity index (χ2v) is 16.2. The Morgan fingerprint density at radius 1 is 0.514 bits per heavy atom. The van der Waals surface area contributed by atoms with E-state index in [0.29, 0.717) is 0 Å². The Morgan fingerprint density at radius 3 is 1.38 bits per heavy atom. The number of fused-ring (bicyclic) bond motifs is 2. The van der Waals surface area contributed by atoms with Crippen LogP contribution in [0.5, 0.6) is 0 Å². The first kappa shape index (κ1) is 23.9. The molecule has 0 saturated heterocycles. The Morgan fingerprint density at radius 2 is 0.946 bits per heavy atom. The molecule has 184 valence electrons. The van der Waals surface area contributed by atoms with Gasteiger partial charge in [-0.05, 0) is 96.2 Å². The van der Waals surface area contributed by atoms with Gasteiger partial charge in [0.25, 0.3) is 0 Å². The van der Waals surface area contributed by atoms with Crippen LogP contribution in [-0.4, -0.2) is 8.07 Å². The molecule has 0 radical (unpaired) electrons. The van der Waals surface area contributed by atoms with E-state index in [0.717, 1.165) is 12.8 Å². The Bertz CT molecular complexity index is 1510. The van der Waals surface area contributed by atoms with Crippen LogP contribution in [0.3, 0.4) is 0 Å². The maximum absolute atomic E-state index is 2.57. The molecule has 0 nitrogen and oxygen atoms in total. The molecule has 0 unspecified atom stereocenters. The van der Waals surface area contributed by atoms with Gasteiger partial charge in [0.05, 0.1) is 0 Å². The first-order valence-corrected chi connectivity index (χ1v) is 16.5. The average Bonchev–Trinajstić information content (AvgIpc) is 3.52. The van der Waals surface area contributed by atoms with E-state index in [1.54, 1.807) is 10.4 Å².